The molecule has 3 heterocycles. The molecular formula is C21H23N3O5S. The Kier molecular flexibility index (Phi) is 6.08. The van der Waals surface area contributed by atoms with E-state index in [2.05, 4.69) is 9.97 Å². The Labute approximate surface area is 178 Å². The Balaban J connectivity index is 1.32. The molecule has 0 spiro atoms. The monoisotopic (exact) mass is 429 g/mol. The number of aryl methyl sites for hydroxylation is 1. The molecule has 9 heteroatoms. The van der Waals surface area contributed by atoms with E-state index in [-0.39, 0.29) is 23.5 Å². The van der Waals surface area contributed by atoms with Gasteiger partial charge in [-0.3, -0.25) is 9.59 Å². The van der Waals surface area contributed by atoms with Gasteiger partial charge in [-0.15, -0.1) is 0 Å². The quantitative estimate of drug-likeness (QED) is 0.431. The number of piperidine rings is 1. The number of amides is 1. The summed E-state index contributed by atoms with van der Waals surface area (Å²) in [6.45, 7) is 5.18. The Morgan fingerprint density at radius 3 is 2.83 bits per heavy atom. The van der Waals surface area contributed by atoms with Crippen molar-refractivity contribution >= 4 is 34.7 Å². The fourth-order valence-corrected chi connectivity index (χ4v) is 4.11. The summed E-state index contributed by atoms with van der Waals surface area (Å²) in [7, 11) is 0. The highest BCUT2D eigenvalue weighted by molar-refractivity contribution is 7.98. The third kappa shape index (κ3) is 4.51. The molecule has 30 heavy (non-hydrogen) atoms. The number of fused-ring (bicyclic) bond motifs is 1. The minimum absolute atomic E-state index is 0.140. The first-order valence-electron chi connectivity index (χ1n) is 9.93. The van der Waals surface area contributed by atoms with Crippen molar-refractivity contribution < 1.29 is 23.2 Å². The molecule has 158 valence electrons. The Hall–Kier alpha value is -2.81. The number of oxazole rings is 2. The molecule has 1 amide bonds. The maximum atomic E-state index is 12.7. The number of aromatic nitrogens is 2. The van der Waals surface area contributed by atoms with Gasteiger partial charge in [0.25, 0.3) is 11.1 Å². The van der Waals surface area contributed by atoms with Crippen LogP contribution < -0.4 is 0 Å². The van der Waals surface area contributed by atoms with E-state index in [1.807, 2.05) is 25.1 Å². The van der Waals surface area contributed by atoms with Crippen LogP contribution in [0, 0.1) is 12.8 Å². The molecule has 4 rings (SSSR count). The van der Waals surface area contributed by atoms with Crippen LogP contribution in [0.3, 0.4) is 0 Å². The number of likely N-dealkylation sites (tertiary alicyclic amines) is 1. The zero-order valence-corrected chi connectivity index (χ0v) is 17.7. The molecule has 8 nitrogen and oxygen atoms in total. The van der Waals surface area contributed by atoms with Crippen molar-refractivity contribution in [1.82, 2.24) is 14.9 Å². The SMILES string of the molecule is CCOC(=O)C1CCN(C(=O)c2coc(CSc3nc4cc(C)ccc4o3)n2)CC1. The summed E-state index contributed by atoms with van der Waals surface area (Å²) >= 11 is 1.36. The number of carbonyl (C=O) groups is 2. The van der Waals surface area contributed by atoms with E-state index in [1.165, 1.54) is 18.0 Å². The molecule has 0 atom stereocenters. The molecule has 1 aliphatic rings. The number of hydrogen-bond acceptors (Lipinski definition) is 8. The second kappa shape index (κ2) is 8.91. The van der Waals surface area contributed by atoms with Gasteiger partial charge in [-0.05, 0) is 44.4 Å². The van der Waals surface area contributed by atoms with Crippen LogP contribution in [0.25, 0.3) is 11.1 Å². The van der Waals surface area contributed by atoms with Crippen LogP contribution in [0.15, 0.2) is 38.5 Å². The van der Waals surface area contributed by atoms with Gasteiger partial charge in [0.05, 0.1) is 18.3 Å². The average molecular weight is 429 g/mol. The standard InChI is InChI=1S/C21H23N3O5S/c1-3-27-20(26)14-6-8-24(9-7-14)19(25)16-11-28-18(22-16)12-30-21-23-15-10-13(2)4-5-17(15)29-21/h4-5,10-11,14H,3,6-9,12H2,1-2H3. The lowest BCUT2D eigenvalue weighted by atomic mass is 9.97. The summed E-state index contributed by atoms with van der Waals surface area (Å²) in [5.41, 5.74) is 2.94. The van der Waals surface area contributed by atoms with E-state index in [1.54, 1.807) is 11.8 Å². The molecule has 0 radical (unpaired) electrons. The molecule has 0 unspecified atom stereocenters. The lowest BCUT2D eigenvalue weighted by Gasteiger charge is -2.30. The Morgan fingerprint density at radius 2 is 2.07 bits per heavy atom. The molecule has 1 fully saturated rings. The normalized spacial score (nSPS) is 14.9. The zero-order chi connectivity index (χ0) is 21.1. The lowest BCUT2D eigenvalue weighted by Crippen LogP contribution is -2.40. The van der Waals surface area contributed by atoms with E-state index in [9.17, 15) is 9.59 Å². The summed E-state index contributed by atoms with van der Waals surface area (Å²) in [5.74, 6) is 0.334. The van der Waals surface area contributed by atoms with Gasteiger partial charge >= 0.3 is 5.97 Å². The molecule has 0 aliphatic carbocycles. The number of ether oxygens (including phenoxy) is 1. The molecule has 0 N–H and O–H groups in total. The fourth-order valence-electron chi connectivity index (χ4n) is 3.42. The average Bonchev–Trinajstić information content (AvgIpc) is 3.38. The highest BCUT2D eigenvalue weighted by atomic mass is 32.2. The van der Waals surface area contributed by atoms with Crippen molar-refractivity contribution in [3.05, 3.63) is 41.6 Å². The first-order chi connectivity index (χ1) is 14.5. The number of rotatable bonds is 6. The number of hydrogen-bond donors (Lipinski definition) is 0. The fraction of sp³-hybridized carbons (Fsp3) is 0.429. The number of nitrogens with zero attached hydrogens (tertiary/aromatic N) is 3. The van der Waals surface area contributed by atoms with Crippen molar-refractivity contribution in [3.63, 3.8) is 0 Å². The van der Waals surface area contributed by atoms with Crippen molar-refractivity contribution in [2.24, 2.45) is 5.92 Å². The molecule has 1 aliphatic heterocycles. The van der Waals surface area contributed by atoms with Crippen molar-refractivity contribution in [1.29, 1.82) is 0 Å². The molecular weight excluding hydrogens is 406 g/mol. The summed E-state index contributed by atoms with van der Waals surface area (Å²) < 4.78 is 16.2. The van der Waals surface area contributed by atoms with Crippen LogP contribution in [0.4, 0.5) is 0 Å². The summed E-state index contributed by atoms with van der Waals surface area (Å²) in [6.07, 6.45) is 2.58. The Morgan fingerprint density at radius 1 is 1.27 bits per heavy atom. The summed E-state index contributed by atoms with van der Waals surface area (Å²) in [5, 5.41) is 0.530. The van der Waals surface area contributed by atoms with E-state index < -0.39 is 0 Å². The smallest absolute Gasteiger partial charge is 0.309 e. The van der Waals surface area contributed by atoms with Crippen molar-refractivity contribution in [2.75, 3.05) is 19.7 Å². The first-order valence-corrected chi connectivity index (χ1v) is 10.9. The van der Waals surface area contributed by atoms with Gasteiger partial charge in [0.1, 0.15) is 11.8 Å². The highest BCUT2D eigenvalue weighted by Crippen LogP contribution is 2.27. The molecule has 2 aromatic heterocycles. The number of thioether (sulfide) groups is 1. The van der Waals surface area contributed by atoms with Crippen LogP contribution in [-0.2, 0) is 15.3 Å². The predicted octanol–water partition coefficient (Wildman–Crippen LogP) is 3.83. The maximum absolute atomic E-state index is 12.7. The molecule has 1 saturated heterocycles. The minimum Gasteiger partial charge on any atom is -0.466 e. The molecule has 3 aromatic rings. The zero-order valence-electron chi connectivity index (χ0n) is 16.9. The highest BCUT2D eigenvalue weighted by Gasteiger charge is 2.29. The summed E-state index contributed by atoms with van der Waals surface area (Å²) in [6, 6.07) is 5.84. The number of benzene rings is 1. The van der Waals surface area contributed by atoms with Gasteiger partial charge in [-0.1, -0.05) is 17.8 Å². The third-order valence-electron chi connectivity index (χ3n) is 5.02. The van der Waals surface area contributed by atoms with Gasteiger partial charge < -0.3 is 18.5 Å². The molecule has 0 bridgehead atoms. The van der Waals surface area contributed by atoms with Crippen molar-refractivity contribution in [3.8, 4) is 0 Å². The second-order valence-corrected chi connectivity index (χ2v) is 8.11. The van der Waals surface area contributed by atoms with Gasteiger partial charge in [0.2, 0.25) is 5.89 Å². The number of carbonyl (C=O) groups excluding carboxylic acids is 2. The van der Waals surface area contributed by atoms with Gasteiger partial charge in [0, 0.05) is 13.1 Å². The van der Waals surface area contributed by atoms with Crippen molar-refractivity contribution in [2.45, 2.75) is 37.7 Å². The van der Waals surface area contributed by atoms with Crippen LogP contribution >= 0.6 is 11.8 Å². The van der Waals surface area contributed by atoms with Crippen LogP contribution in [0.1, 0.15) is 41.7 Å². The van der Waals surface area contributed by atoms with E-state index in [0.717, 1.165) is 16.7 Å². The second-order valence-electron chi connectivity index (χ2n) is 7.18. The van der Waals surface area contributed by atoms with E-state index in [4.69, 9.17) is 13.6 Å². The van der Waals surface area contributed by atoms with Crippen LogP contribution in [-0.4, -0.2) is 46.4 Å². The largest absolute Gasteiger partial charge is 0.466 e. The van der Waals surface area contributed by atoms with Crippen LogP contribution in [0.2, 0.25) is 0 Å². The van der Waals surface area contributed by atoms with Crippen LogP contribution in [0.5, 0.6) is 0 Å². The van der Waals surface area contributed by atoms with E-state index >= 15 is 0 Å². The first kappa shape index (κ1) is 20.5. The topological polar surface area (TPSA) is 98.7 Å². The lowest BCUT2D eigenvalue weighted by molar-refractivity contribution is -0.149. The molecule has 0 saturated carbocycles. The number of esters is 1. The predicted molar refractivity (Wildman–Crippen MR) is 110 cm³/mol. The summed E-state index contributed by atoms with van der Waals surface area (Å²) in [4.78, 5) is 35.0. The van der Waals surface area contributed by atoms with Gasteiger partial charge in [-0.25, -0.2) is 9.97 Å². The maximum Gasteiger partial charge on any atom is 0.309 e. The third-order valence-corrected chi connectivity index (χ3v) is 5.83. The molecule has 1 aromatic carbocycles. The van der Waals surface area contributed by atoms with Gasteiger partial charge in [-0.2, -0.15) is 0 Å². The van der Waals surface area contributed by atoms with Gasteiger partial charge in [0.15, 0.2) is 11.3 Å². The minimum atomic E-state index is -0.186. The Bertz CT molecular complexity index is 1050. The van der Waals surface area contributed by atoms with E-state index in [0.29, 0.717) is 49.4 Å².